The average molecular weight is 487 g/mol. The molecular weight excluding hydrogens is 461 g/mol. The maximum absolute atomic E-state index is 13.2. The smallest absolute Gasteiger partial charge is 0.416 e. The van der Waals surface area contributed by atoms with Crippen LogP contribution < -0.4 is 9.64 Å². The summed E-state index contributed by atoms with van der Waals surface area (Å²) in [5.41, 5.74) is 1.37. The third kappa shape index (κ3) is 5.67. The molecule has 0 aliphatic carbocycles. The van der Waals surface area contributed by atoms with Gasteiger partial charge in [0.2, 0.25) is 0 Å². The van der Waals surface area contributed by atoms with Gasteiger partial charge >= 0.3 is 6.18 Å². The van der Waals surface area contributed by atoms with Crippen LogP contribution in [0.25, 0.3) is 0 Å². The van der Waals surface area contributed by atoms with Crippen LogP contribution in [0.2, 0.25) is 0 Å². The van der Waals surface area contributed by atoms with Gasteiger partial charge < -0.3 is 14.5 Å². The van der Waals surface area contributed by atoms with Crippen molar-refractivity contribution in [2.24, 2.45) is 0 Å². The zero-order valence-corrected chi connectivity index (χ0v) is 19.5. The normalized spacial score (nSPS) is 14.2. The van der Waals surface area contributed by atoms with E-state index in [2.05, 4.69) is 0 Å². The first-order valence-electron chi connectivity index (χ1n) is 10.9. The molecule has 0 saturated carbocycles. The molecule has 3 aromatic rings. The van der Waals surface area contributed by atoms with Crippen molar-refractivity contribution in [1.29, 1.82) is 0 Å². The van der Waals surface area contributed by atoms with Crippen LogP contribution >= 0.6 is 11.8 Å². The lowest BCUT2D eigenvalue weighted by Gasteiger charge is -2.36. The number of nitrogens with zero attached hydrogens (tertiary/aromatic N) is 2. The van der Waals surface area contributed by atoms with Crippen molar-refractivity contribution in [2.45, 2.75) is 16.8 Å². The van der Waals surface area contributed by atoms with Gasteiger partial charge in [-0.15, -0.1) is 11.8 Å². The van der Waals surface area contributed by atoms with E-state index in [1.54, 1.807) is 35.9 Å². The van der Waals surface area contributed by atoms with Crippen LogP contribution in [0.1, 0.15) is 21.5 Å². The number of amides is 1. The third-order valence-electron chi connectivity index (χ3n) is 5.77. The Hall–Kier alpha value is -3.13. The van der Waals surface area contributed by atoms with Gasteiger partial charge in [-0.25, -0.2) is 0 Å². The van der Waals surface area contributed by atoms with Gasteiger partial charge in [-0.1, -0.05) is 24.3 Å². The van der Waals surface area contributed by atoms with E-state index in [9.17, 15) is 18.0 Å². The minimum atomic E-state index is -4.38. The molecule has 3 aromatic carbocycles. The molecule has 0 bridgehead atoms. The van der Waals surface area contributed by atoms with E-state index < -0.39 is 11.7 Å². The first kappa shape index (κ1) is 24.0. The number of carbonyl (C=O) groups excluding carboxylic acids is 1. The van der Waals surface area contributed by atoms with Crippen LogP contribution in [0, 0.1) is 0 Å². The molecule has 4 nitrogen and oxygen atoms in total. The number of anilines is 1. The summed E-state index contributed by atoms with van der Waals surface area (Å²) in [5.74, 6) is 1.31. The molecule has 0 N–H and O–H groups in total. The standard InChI is InChI=1S/C26H25F3N2O2S/c1-33-24-11-10-19(16-20(24)18-34-23-8-3-2-4-9-23)25(32)31-14-12-30(13-15-31)22-7-5-6-21(17-22)26(27,28)29/h2-11,16-17H,12-15,18H2,1H3. The van der Waals surface area contributed by atoms with Crippen LogP contribution in [0.5, 0.6) is 5.75 Å². The van der Waals surface area contributed by atoms with Crippen LogP contribution in [-0.2, 0) is 11.9 Å². The molecule has 1 aliphatic rings. The van der Waals surface area contributed by atoms with Crippen molar-refractivity contribution in [1.82, 2.24) is 4.90 Å². The largest absolute Gasteiger partial charge is 0.496 e. The molecule has 0 unspecified atom stereocenters. The number of hydrogen-bond donors (Lipinski definition) is 0. The minimum absolute atomic E-state index is 0.0858. The molecule has 0 spiro atoms. The quantitative estimate of drug-likeness (QED) is 0.402. The highest BCUT2D eigenvalue weighted by Gasteiger charge is 2.31. The highest BCUT2D eigenvalue weighted by atomic mass is 32.2. The van der Waals surface area contributed by atoms with Crippen molar-refractivity contribution in [2.75, 3.05) is 38.2 Å². The van der Waals surface area contributed by atoms with Gasteiger partial charge in [0.1, 0.15) is 5.75 Å². The Morgan fingerprint density at radius 3 is 2.35 bits per heavy atom. The van der Waals surface area contributed by atoms with Gasteiger partial charge in [0.05, 0.1) is 12.7 Å². The number of alkyl halides is 3. The second kappa shape index (κ2) is 10.4. The second-order valence-electron chi connectivity index (χ2n) is 7.96. The third-order valence-corrected chi connectivity index (χ3v) is 6.83. The van der Waals surface area contributed by atoms with E-state index in [0.717, 1.165) is 28.3 Å². The summed E-state index contributed by atoms with van der Waals surface area (Å²) in [7, 11) is 1.61. The van der Waals surface area contributed by atoms with Crippen molar-refractivity contribution in [3.8, 4) is 5.75 Å². The molecule has 1 heterocycles. The molecule has 4 rings (SSSR count). The van der Waals surface area contributed by atoms with Crippen molar-refractivity contribution < 1.29 is 22.7 Å². The highest BCUT2D eigenvalue weighted by Crippen LogP contribution is 2.32. The summed E-state index contributed by atoms with van der Waals surface area (Å²) in [4.78, 5) is 17.9. The van der Waals surface area contributed by atoms with Crippen molar-refractivity contribution in [3.63, 3.8) is 0 Å². The number of benzene rings is 3. The molecule has 178 valence electrons. The van der Waals surface area contributed by atoms with Gasteiger partial charge in [-0.05, 0) is 48.5 Å². The SMILES string of the molecule is COc1ccc(C(=O)N2CCN(c3cccc(C(F)(F)F)c3)CC2)cc1CSc1ccccc1. The molecule has 0 aromatic heterocycles. The topological polar surface area (TPSA) is 32.8 Å². The molecule has 1 saturated heterocycles. The molecule has 1 aliphatic heterocycles. The lowest BCUT2D eigenvalue weighted by atomic mass is 10.1. The lowest BCUT2D eigenvalue weighted by Crippen LogP contribution is -2.48. The number of rotatable bonds is 6. The van der Waals surface area contributed by atoms with E-state index >= 15 is 0 Å². The van der Waals surface area contributed by atoms with Gasteiger partial charge in [0.15, 0.2) is 0 Å². The summed E-state index contributed by atoms with van der Waals surface area (Å²) in [6, 6.07) is 20.8. The lowest BCUT2D eigenvalue weighted by molar-refractivity contribution is -0.137. The summed E-state index contributed by atoms with van der Waals surface area (Å²) < 4.78 is 44.6. The van der Waals surface area contributed by atoms with E-state index in [4.69, 9.17) is 4.74 Å². The molecule has 8 heteroatoms. The minimum Gasteiger partial charge on any atom is -0.496 e. The fourth-order valence-corrected chi connectivity index (χ4v) is 4.83. The highest BCUT2D eigenvalue weighted by molar-refractivity contribution is 7.98. The number of halogens is 3. The maximum atomic E-state index is 13.2. The Balaban J connectivity index is 1.42. The molecule has 34 heavy (non-hydrogen) atoms. The molecule has 1 amide bonds. The Morgan fingerprint density at radius 2 is 1.68 bits per heavy atom. The summed E-state index contributed by atoms with van der Waals surface area (Å²) in [5, 5.41) is 0. The fraction of sp³-hybridized carbons (Fsp3) is 0.269. The van der Waals surface area contributed by atoms with Crippen LogP contribution in [0.15, 0.2) is 77.7 Å². The first-order valence-corrected chi connectivity index (χ1v) is 11.9. The maximum Gasteiger partial charge on any atom is 0.416 e. The van der Waals surface area contributed by atoms with Crippen LogP contribution in [-0.4, -0.2) is 44.1 Å². The number of ether oxygens (including phenoxy) is 1. The van der Waals surface area contributed by atoms with E-state index in [0.29, 0.717) is 43.2 Å². The van der Waals surface area contributed by atoms with Crippen LogP contribution in [0.4, 0.5) is 18.9 Å². The fourth-order valence-electron chi connectivity index (χ4n) is 3.93. The van der Waals surface area contributed by atoms with Crippen LogP contribution in [0.3, 0.4) is 0 Å². The Morgan fingerprint density at radius 1 is 0.941 bits per heavy atom. The zero-order chi connectivity index (χ0) is 24.1. The first-order chi connectivity index (χ1) is 16.3. The van der Waals surface area contributed by atoms with Gasteiger partial charge in [-0.3, -0.25) is 4.79 Å². The molecule has 0 atom stereocenters. The Labute approximate surface area is 201 Å². The number of thioether (sulfide) groups is 1. The molecule has 1 fully saturated rings. The monoisotopic (exact) mass is 486 g/mol. The average Bonchev–Trinajstić information content (AvgIpc) is 2.87. The molecular formula is C26H25F3N2O2S. The van der Waals surface area contributed by atoms with E-state index in [1.807, 2.05) is 47.4 Å². The number of carbonyl (C=O) groups is 1. The molecule has 0 radical (unpaired) electrons. The van der Waals surface area contributed by atoms with Gasteiger partial charge in [0, 0.05) is 53.6 Å². The number of hydrogen-bond acceptors (Lipinski definition) is 4. The Kier molecular flexibility index (Phi) is 7.36. The predicted molar refractivity (Wildman–Crippen MR) is 129 cm³/mol. The van der Waals surface area contributed by atoms with Gasteiger partial charge in [-0.2, -0.15) is 13.2 Å². The van der Waals surface area contributed by atoms with Gasteiger partial charge in [0.25, 0.3) is 5.91 Å². The van der Waals surface area contributed by atoms with E-state index in [1.165, 1.54) is 6.07 Å². The second-order valence-corrected chi connectivity index (χ2v) is 9.00. The number of methoxy groups -OCH3 is 1. The summed E-state index contributed by atoms with van der Waals surface area (Å²) >= 11 is 1.67. The zero-order valence-electron chi connectivity index (χ0n) is 18.7. The summed E-state index contributed by atoms with van der Waals surface area (Å²) in [6.45, 7) is 1.82. The van der Waals surface area contributed by atoms with Crippen molar-refractivity contribution >= 4 is 23.4 Å². The number of piperazine rings is 1. The van der Waals surface area contributed by atoms with Crippen molar-refractivity contribution in [3.05, 3.63) is 89.5 Å². The predicted octanol–water partition coefficient (Wildman–Crippen LogP) is 5.97. The summed E-state index contributed by atoms with van der Waals surface area (Å²) in [6.07, 6.45) is -4.38. The van der Waals surface area contributed by atoms with E-state index in [-0.39, 0.29) is 5.91 Å². The Bertz CT molecular complexity index is 1130.